The minimum absolute atomic E-state index is 0. The maximum atomic E-state index is 5.25. The summed E-state index contributed by atoms with van der Waals surface area (Å²) in [6.45, 7) is 39.0. The molecule has 5 heterocycles. The number of fused-ring (bicyclic) bond motifs is 8. The normalized spacial score (nSPS) is 13.0. The Morgan fingerprint density at radius 2 is 0.588 bits per heavy atom. The van der Waals surface area contributed by atoms with Gasteiger partial charge in [0.25, 0.3) is 0 Å². The number of aryl methyl sites for hydroxylation is 4. The molecule has 0 atom stereocenters. The molecule has 0 unspecified atom stereocenters. The van der Waals surface area contributed by atoms with Crippen LogP contribution >= 0.6 is 0 Å². The first-order chi connectivity index (χ1) is 23.5. The van der Waals surface area contributed by atoms with E-state index in [-0.39, 0.29) is 26.2 Å². The number of rotatable bonds is 8. The second-order valence-electron chi connectivity index (χ2n) is 15.9. The van der Waals surface area contributed by atoms with E-state index in [9.17, 15) is 0 Å². The average Bonchev–Trinajstić information content (AvgIpc) is 3.74. The van der Waals surface area contributed by atoms with Gasteiger partial charge in [-0.25, -0.2) is 9.97 Å². The fourth-order valence-corrected chi connectivity index (χ4v) is 6.92. The topological polar surface area (TPSA) is 54.0 Å². The molecule has 0 aliphatic carbocycles. The quantitative estimate of drug-likeness (QED) is 0.168. The Balaban J connectivity index is 0.000000723. The van der Waals surface area contributed by atoms with Crippen LogP contribution < -0.4 is 9.97 Å². The van der Waals surface area contributed by atoms with Gasteiger partial charge < -0.3 is 23.1 Å². The van der Waals surface area contributed by atoms with Crippen LogP contribution in [0.1, 0.15) is 126 Å². The summed E-state index contributed by atoms with van der Waals surface area (Å²) >= 11 is 0. The predicted octanol–water partition coefficient (Wildman–Crippen LogP) is 12.7. The van der Waals surface area contributed by atoms with Crippen LogP contribution in [0, 0.1) is 13.1 Å². The van der Waals surface area contributed by atoms with Crippen LogP contribution in [-0.2, 0) is 51.9 Å². The van der Waals surface area contributed by atoms with Gasteiger partial charge in [0, 0.05) is 0 Å². The second kappa shape index (κ2) is 19.3. The third kappa shape index (κ3) is 11.5. The summed E-state index contributed by atoms with van der Waals surface area (Å²) in [6, 6.07) is 8.98. The van der Waals surface area contributed by atoms with Crippen molar-refractivity contribution in [1.29, 1.82) is 0 Å². The van der Waals surface area contributed by atoms with Gasteiger partial charge in [-0.2, -0.15) is 0 Å². The van der Waals surface area contributed by atoms with Crippen LogP contribution in [-0.4, -0.2) is 26.1 Å². The molecule has 0 saturated carbocycles. The first kappa shape index (κ1) is 45.1. The van der Waals surface area contributed by atoms with Gasteiger partial charge in [0.2, 0.25) is 0 Å². The summed E-state index contributed by atoms with van der Waals surface area (Å²) in [5.41, 5.74) is 19.1. The van der Waals surface area contributed by atoms with Crippen LogP contribution in [0.3, 0.4) is 0 Å². The molecule has 0 saturated heterocycles. The standard InChI is InChI=1S/C36H44N4.2C4H11Si.Zr/c1-9-21-22(10-2)30-18-32-25(13-5)26(14-6)34(39-32)20-36-28(16-8)27(15-7)35(40-36)19-33-24(12-4)23(11-3)31(38-33)17-29(21)37-30;2*1-5(2,3)4;/h17-20H,9-16H2,1-8H3;2*1H2,2-4H3;/q-2;2*-1;+4. The minimum Gasteiger partial charge on any atom is -0.657 e. The first-order valence-electron chi connectivity index (χ1n) is 19.3. The Bertz CT molecular complexity index is 1610. The van der Waals surface area contributed by atoms with Crippen molar-refractivity contribution in [1.82, 2.24) is 19.9 Å². The van der Waals surface area contributed by atoms with Crippen LogP contribution in [0.5, 0.6) is 0 Å². The maximum Gasteiger partial charge on any atom is 4.00 e. The molecule has 7 heteroatoms. The van der Waals surface area contributed by atoms with Gasteiger partial charge in [-0.15, -0.1) is 38.2 Å². The Labute approximate surface area is 333 Å². The largest absolute Gasteiger partial charge is 4.00 e. The summed E-state index contributed by atoms with van der Waals surface area (Å²) in [5, 5.41) is 0. The number of hydrogen-bond donors (Lipinski definition) is 0. The molecule has 0 aromatic carbocycles. The average molecular weight is 798 g/mol. The van der Waals surface area contributed by atoms with Crippen molar-refractivity contribution < 1.29 is 26.2 Å². The molecule has 3 aromatic rings. The maximum absolute atomic E-state index is 5.25. The molecule has 0 radical (unpaired) electrons. The second-order valence-corrected chi connectivity index (χ2v) is 26.1. The summed E-state index contributed by atoms with van der Waals surface area (Å²) in [4.78, 5) is 21.0. The predicted molar refractivity (Wildman–Crippen MR) is 229 cm³/mol. The Kier molecular flexibility index (Phi) is 17.1. The van der Waals surface area contributed by atoms with Crippen LogP contribution in [0.4, 0.5) is 0 Å². The molecule has 5 rings (SSSR count). The Hall–Kier alpha value is -2.08. The molecule has 0 amide bonds. The minimum atomic E-state index is -0.861. The number of allylic oxidation sites excluding steroid dienone is 4. The van der Waals surface area contributed by atoms with Crippen molar-refractivity contribution in [2.24, 2.45) is 0 Å². The number of aromatic nitrogens is 4. The molecular formula is C44H66N4Si2Zr. The van der Waals surface area contributed by atoms with Crippen LogP contribution in [0.2, 0.25) is 39.3 Å². The van der Waals surface area contributed by atoms with Gasteiger partial charge in [0.15, 0.2) is 0 Å². The third-order valence-corrected chi connectivity index (χ3v) is 8.82. The van der Waals surface area contributed by atoms with Crippen LogP contribution in [0.15, 0.2) is 24.3 Å². The van der Waals surface area contributed by atoms with E-state index in [0.29, 0.717) is 0 Å². The molecule has 2 aliphatic heterocycles. The molecule has 0 N–H and O–H groups in total. The summed E-state index contributed by atoms with van der Waals surface area (Å²) in [7, 11) is -1.72. The molecule has 3 aromatic heterocycles. The zero-order chi connectivity index (χ0) is 37.6. The number of hydrogen-bond acceptors (Lipinski definition) is 2. The van der Waals surface area contributed by atoms with Crippen molar-refractivity contribution in [3.8, 4) is 0 Å². The van der Waals surface area contributed by atoms with Crippen molar-refractivity contribution in [3.63, 3.8) is 0 Å². The van der Waals surface area contributed by atoms with Crippen molar-refractivity contribution in [3.05, 3.63) is 82.4 Å². The Morgan fingerprint density at radius 1 is 0.412 bits per heavy atom. The van der Waals surface area contributed by atoms with Gasteiger partial charge in [-0.1, -0.05) is 141 Å². The first-order valence-corrected chi connectivity index (χ1v) is 26.7. The van der Waals surface area contributed by atoms with E-state index in [1.807, 2.05) is 0 Å². The SMILES string of the molecule is CCC1=C(CC)c2cc3[n-]c(cc4nc(cc5[n-]c(cc1n2)c(CC)c5CC)C(CC)=C4CC)c(CC)c3CC.[CH2-][Si](C)(C)C.[CH2-][Si](C)(C)C.[Zr+4]. The molecule has 4 nitrogen and oxygen atoms in total. The fourth-order valence-electron chi connectivity index (χ4n) is 6.92. The molecule has 0 fully saturated rings. The summed E-state index contributed by atoms with van der Waals surface area (Å²) in [6.07, 6.45) is 7.60. The molecular weight excluding hydrogens is 732 g/mol. The van der Waals surface area contributed by atoms with E-state index >= 15 is 0 Å². The summed E-state index contributed by atoms with van der Waals surface area (Å²) < 4.78 is 0. The van der Waals surface area contributed by atoms with Gasteiger partial charge in [0.05, 0.1) is 22.8 Å². The third-order valence-electron chi connectivity index (χ3n) is 8.82. The van der Waals surface area contributed by atoms with Gasteiger partial charge >= 0.3 is 26.2 Å². The van der Waals surface area contributed by atoms with Gasteiger partial charge in [-0.05, 0) is 73.7 Å². The van der Waals surface area contributed by atoms with E-state index in [1.165, 1.54) is 44.5 Å². The van der Waals surface area contributed by atoms with Gasteiger partial charge in [-0.3, -0.25) is 0 Å². The molecule has 2 aliphatic rings. The summed E-state index contributed by atoms with van der Waals surface area (Å²) in [5.74, 6) is 0. The monoisotopic (exact) mass is 796 g/mol. The Morgan fingerprint density at radius 3 is 0.725 bits per heavy atom. The van der Waals surface area contributed by atoms with Crippen LogP contribution in [0.25, 0.3) is 44.4 Å². The van der Waals surface area contributed by atoms with Crippen molar-refractivity contribution in [2.75, 3.05) is 0 Å². The van der Waals surface area contributed by atoms with E-state index in [2.05, 4.69) is 132 Å². The molecule has 0 spiro atoms. The van der Waals surface area contributed by atoms with Crippen molar-refractivity contribution in [2.45, 2.75) is 146 Å². The van der Waals surface area contributed by atoms with E-state index < -0.39 is 16.1 Å². The van der Waals surface area contributed by atoms with E-state index in [0.717, 1.165) is 96.2 Å². The molecule has 51 heavy (non-hydrogen) atoms. The zero-order valence-electron chi connectivity index (χ0n) is 34.7. The van der Waals surface area contributed by atoms with E-state index in [1.54, 1.807) is 0 Å². The van der Waals surface area contributed by atoms with Gasteiger partial charge in [0.1, 0.15) is 0 Å². The zero-order valence-corrected chi connectivity index (χ0v) is 39.1. The smallest absolute Gasteiger partial charge is 0.657 e. The van der Waals surface area contributed by atoms with Crippen molar-refractivity contribution >= 4 is 60.5 Å². The molecule has 8 bridgehead atoms. The molecule has 274 valence electrons. The fraction of sp³-hybridized carbons (Fsp3) is 0.500. The van der Waals surface area contributed by atoms with E-state index in [4.69, 9.17) is 19.9 Å². The number of nitrogens with zero attached hydrogens (tertiary/aromatic N) is 4.